The molecule has 1 saturated heterocycles. The van der Waals surface area contributed by atoms with Gasteiger partial charge in [0.05, 0.1) is 15.6 Å². The van der Waals surface area contributed by atoms with Gasteiger partial charge in [-0.05, 0) is 35.0 Å². The number of anilines is 1. The zero-order valence-electron chi connectivity index (χ0n) is 13.9. The maximum atomic E-state index is 13.0. The van der Waals surface area contributed by atoms with Crippen LogP contribution in [0.2, 0.25) is 5.02 Å². The maximum Gasteiger partial charge on any atom is 0.346 e. The van der Waals surface area contributed by atoms with E-state index < -0.39 is 28.5 Å². The van der Waals surface area contributed by atoms with Crippen LogP contribution in [-0.2, 0) is 14.8 Å². The molecule has 0 radical (unpaired) electrons. The van der Waals surface area contributed by atoms with Crippen LogP contribution in [0.1, 0.15) is 0 Å². The van der Waals surface area contributed by atoms with Gasteiger partial charge < -0.3 is 0 Å². The second-order valence-electron chi connectivity index (χ2n) is 5.99. The summed E-state index contributed by atoms with van der Waals surface area (Å²) in [6.07, 6.45) is 0. The number of amides is 3. The molecule has 6 nitrogen and oxygen atoms in total. The van der Waals surface area contributed by atoms with E-state index in [1.807, 2.05) is 12.1 Å². The van der Waals surface area contributed by atoms with Crippen molar-refractivity contribution in [1.29, 1.82) is 0 Å². The van der Waals surface area contributed by atoms with Crippen LogP contribution in [0.4, 0.5) is 10.5 Å². The topological polar surface area (TPSA) is 74.8 Å². The first-order chi connectivity index (χ1) is 12.9. The van der Waals surface area contributed by atoms with Gasteiger partial charge in [-0.25, -0.2) is 13.2 Å². The number of halogens is 1. The summed E-state index contributed by atoms with van der Waals surface area (Å²) < 4.78 is 26.3. The number of carbonyl (C=O) groups is 2. The number of sulfonamides is 1. The van der Waals surface area contributed by atoms with Crippen LogP contribution in [0.3, 0.4) is 0 Å². The summed E-state index contributed by atoms with van der Waals surface area (Å²) in [7, 11) is -4.33. The quantitative estimate of drug-likeness (QED) is 0.629. The largest absolute Gasteiger partial charge is 0.346 e. The fourth-order valence-electron chi connectivity index (χ4n) is 3.01. The summed E-state index contributed by atoms with van der Waals surface area (Å²) in [6, 6.07) is 17.2. The average molecular weight is 401 g/mol. The van der Waals surface area contributed by atoms with Crippen molar-refractivity contribution in [3.63, 3.8) is 0 Å². The summed E-state index contributed by atoms with van der Waals surface area (Å²) in [5.74, 6) is -0.826. The normalized spacial score (nSPS) is 15.0. The van der Waals surface area contributed by atoms with Gasteiger partial charge in [-0.15, -0.1) is 4.31 Å². The van der Waals surface area contributed by atoms with Crippen LogP contribution in [0.25, 0.3) is 10.8 Å². The Kier molecular flexibility index (Phi) is 4.13. The third-order valence-electron chi connectivity index (χ3n) is 4.33. The van der Waals surface area contributed by atoms with E-state index in [1.165, 1.54) is 12.1 Å². The molecule has 8 heteroatoms. The molecule has 27 heavy (non-hydrogen) atoms. The minimum absolute atomic E-state index is 0.121. The molecule has 0 saturated carbocycles. The molecular formula is C19H13ClN2O4S. The van der Waals surface area contributed by atoms with Crippen LogP contribution in [0, 0.1) is 0 Å². The smallest absolute Gasteiger partial charge is 0.282 e. The molecule has 0 spiro atoms. The molecule has 0 atom stereocenters. The molecule has 0 bridgehead atoms. The lowest BCUT2D eigenvalue weighted by Crippen LogP contribution is -2.38. The highest BCUT2D eigenvalue weighted by molar-refractivity contribution is 7.90. The fraction of sp³-hybridized carbons (Fsp3) is 0.0526. The van der Waals surface area contributed by atoms with E-state index in [1.54, 1.807) is 42.5 Å². The molecule has 3 amide bonds. The molecule has 1 heterocycles. The summed E-state index contributed by atoms with van der Waals surface area (Å²) >= 11 is 6.09. The molecular weight excluding hydrogens is 388 g/mol. The highest BCUT2D eigenvalue weighted by Crippen LogP contribution is 2.31. The van der Waals surface area contributed by atoms with Crippen molar-refractivity contribution in [2.75, 3.05) is 11.4 Å². The number of carbonyl (C=O) groups excluding carboxylic acids is 2. The van der Waals surface area contributed by atoms with Crippen molar-refractivity contribution in [2.24, 2.45) is 0 Å². The molecule has 3 aromatic carbocycles. The second-order valence-corrected chi connectivity index (χ2v) is 8.19. The Morgan fingerprint density at radius 3 is 2.26 bits per heavy atom. The molecule has 0 unspecified atom stereocenters. The van der Waals surface area contributed by atoms with Crippen LogP contribution < -0.4 is 4.90 Å². The van der Waals surface area contributed by atoms with Crippen molar-refractivity contribution in [3.05, 3.63) is 71.8 Å². The van der Waals surface area contributed by atoms with Crippen molar-refractivity contribution in [1.82, 2.24) is 4.31 Å². The predicted octanol–water partition coefficient (Wildman–Crippen LogP) is 3.65. The summed E-state index contributed by atoms with van der Waals surface area (Å²) in [6.45, 7) is -0.393. The number of urea groups is 1. The summed E-state index contributed by atoms with van der Waals surface area (Å²) in [5, 5.41) is 1.80. The van der Waals surface area contributed by atoms with Gasteiger partial charge >= 0.3 is 6.03 Å². The lowest BCUT2D eigenvalue weighted by molar-refractivity contribution is -0.121. The molecule has 3 aromatic rings. The van der Waals surface area contributed by atoms with E-state index >= 15 is 0 Å². The third kappa shape index (κ3) is 2.85. The Bertz CT molecular complexity index is 1190. The van der Waals surface area contributed by atoms with Gasteiger partial charge in [-0.2, -0.15) is 0 Å². The van der Waals surface area contributed by atoms with Crippen LogP contribution in [-0.4, -0.2) is 31.2 Å². The van der Waals surface area contributed by atoms with Crippen molar-refractivity contribution >= 4 is 50.0 Å². The number of fused-ring (bicyclic) bond motifs is 1. The highest BCUT2D eigenvalue weighted by atomic mass is 35.5. The van der Waals surface area contributed by atoms with Gasteiger partial charge in [-0.1, -0.05) is 54.1 Å². The molecule has 0 N–H and O–H groups in total. The predicted molar refractivity (Wildman–Crippen MR) is 102 cm³/mol. The number of para-hydroxylation sites is 1. The Morgan fingerprint density at radius 2 is 1.52 bits per heavy atom. The van der Waals surface area contributed by atoms with E-state index in [0.29, 0.717) is 9.69 Å². The number of hydrogen-bond donors (Lipinski definition) is 0. The van der Waals surface area contributed by atoms with E-state index in [9.17, 15) is 18.0 Å². The fourth-order valence-corrected chi connectivity index (χ4v) is 4.61. The maximum absolute atomic E-state index is 13.0. The Morgan fingerprint density at radius 1 is 0.852 bits per heavy atom. The highest BCUT2D eigenvalue weighted by Gasteiger charge is 2.45. The van der Waals surface area contributed by atoms with Gasteiger partial charge in [-0.3, -0.25) is 9.69 Å². The third-order valence-corrected chi connectivity index (χ3v) is 6.34. The number of hydrogen-bond acceptors (Lipinski definition) is 4. The Labute approximate surface area is 160 Å². The van der Waals surface area contributed by atoms with Crippen LogP contribution in [0.5, 0.6) is 0 Å². The second kappa shape index (κ2) is 6.37. The van der Waals surface area contributed by atoms with Crippen molar-refractivity contribution in [2.45, 2.75) is 4.90 Å². The van der Waals surface area contributed by atoms with Gasteiger partial charge in [0.2, 0.25) is 0 Å². The van der Waals surface area contributed by atoms with Crippen LogP contribution in [0.15, 0.2) is 71.6 Å². The first-order valence-corrected chi connectivity index (χ1v) is 9.84. The molecule has 1 aliphatic rings. The number of rotatable bonds is 3. The van der Waals surface area contributed by atoms with Gasteiger partial charge in [0.25, 0.3) is 15.9 Å². The lowest BCUT2D eigenvalue weighted by atomic mass is 10.1. The van der Waals surface area contributed by atoms with Crippen molar-refractivity contribution < 1.29 is 18.0 Å². The molecule has 136 valence electrons. The van der Waals surface area contributed by atoms with Gasteiger partial charge in [0.1, 0.15) is 6.54 Å². The van der Waals surface area contributed by atoms with Gasteiger partial charge in [0.15, 0.2) is 0 Å². The monoisotopic (exact) mass is 400 g/mol. The summed E-state index contributed by atoms with van der Waals surface area (Å²) in [4.78, 5) is 26.1. The first-order valence-electron chi connectivity index (χ1n) is 8.02. The average Bonchev–Trinajstić information content (AvgIpc) is 2.96. The first kappa shape index (κ1) is 17.5. The zero-order chi connectivity index (χ0) is 19.2. The molecule has 1 fully saturated rings. The SMILES string of the molecule is O=C1CN(c2ccccc2Cl)C(=O)N1S(=O)(=O)c1ccc2ccccc2c1. The molecule has 1 aliphatic heterocycles. The minimum Gasteiger partial charge on any atom is -0.282 e. The number of nitrogens with zero attached hydrogens (tertiary/aromatic N) is 2. The standard InChI is InChI=1S/C19H13ClN2O4S/c20-16-7-3-4-8-17(16)21-12-18(23)22(19(21)24)27(25,26)15-10-9-13-5-1-2-6-14(13)11-15/h1-11H,12H2. The minimum atomic E-state index is -4.33. The lowest BCUT2D eigenvalue weighted by Gasteiger charge is -2.18. The number of benzene rings is 3. The van der Waals surface area contributed by atoms with E-state index in [4.69, 9.17) is 11.6 Å². The summed E-state index contributed by atoms with van der Waals surface area (Å²) in [5.41, 5.74) is 0.286. The molecule has 0 aliphatic carbocycles. The zero-order valence-corrected chi connectivity index (χ0v) is 15.4. The number of imide groups is 1. The molecule has 0 aromatic heterocycles. The van der Waals surface area contributed by atoms with E-state index in [0.717, 1.165) is 10.3 Å². The van der Waals surface area contributed by atoms with Crippen LogP contribution >= 0.6 is 11.6 Å². The Balaban J connectivity index is 1.76. The van der Waals surface area contributed by atoms with E-state index in [-0.39, 0.29) is 15.6 Å². The Hall–Kier alpha value is -2.90. The van der Waals surface area contributed by atoms with E-state index in [2.05, 4.69) is 0 Å². The molecule has 4 rings (SSSR count). The van der Waals surface area contributed by atoms with Crippen molar-refractivity contribution in [3.8, 4) is 0 Å². The van der Waals surface area contributed by atoms with Gasteiger partial charge in [0, 0.05) is 0 Å².